The summed E-state index contributed by atoms with van der Waals surface area (Å²) in [6, 6.07) is 11.7. The Balaban J connectivity index is 2.14. The quantitative estimate of drug-likeness (QED) is 0.794. The summed E-state index contributed by atoms with van der Waals surface area (Å²) >= 11 is 0. The second-order valence-electron chi connectivity index (χ2n) is 9.07. The van der Waals surface area contributed by atoms with Gasteiger partial charge in [-0.1, -0.05) is 59.7 Å². The van der Waals surface area contributed by atoms with Crippen molar-refractivity contribution < 1.29 is 9.90 Å². The minimum atomic E-state index is -0.155. The molecule has 0 heterocycles. The topological polar surface area (TPSA) is 49.3 Å². The molecule has 0 aliphatic carbocycles. The summed E-state index contributed by atoms with van der Waals surface area (Å²) in [4.78, 5) is 12.5. The van der Waals surface area contributed by atoms with Gasteiger partial charge in [0.15, 0.2) is 0 Å². The smallest absolute Gasteiger partial charge is 0.251 e. The number of hydrogen-bond acceptors (Lipinski definition) is 2. The average Bonchev–Trinajstić information content (AvgIpc) is 2.53. The van der Waals surface area contributed by atoms with E-state index >= 15 is 0 Å². The molecule has 0 spiro atoms. The molecule has 3 heteroatoms. The number of amides is 1. The van der Waals surface area contributed by atoms with Gasteiger partial charge in [-0.2, -0.15) is 0 Å². The Bertz CT molecular complexity index is 791. The third-order valence-corrected chi connectivity index (χ3v) is 4.63. The summed E-state index contributed by atoms with van der Waals surface area (Å²) in [7, 11) is 0. The zero-order chi connectivity index (χ0) is 19.7. The largest absolute Gasteiger partial charge is 0.507 e. The maximum absolute atomic E-state index is 12.5. The molecule has 0 aromatic heterocycles. The van der Waals surface area contributed by atoms with E-state index < -0.39 is 0 Å². The van der Waals surface area contributed by atoms with Crippen molar-refractivity contribution in [3.05, 3.63) is 64.2 Å². The fourth-order valence-electron chi connectivity index (χ4n) is 2.93. The summed E-state index contributed by atoms with van der Waals surface area (Å²) in [6.07, 6.45) is 0. The number of phenols is 1. The van der Waals surface area contributed by atoms with Crippen molar-refractivity contribution in [1.29, 1.82) is 0 Å². The first-order valence-corrected chi connectivity index (χ1v) is 9.11. The van der Waals surface area contributed by atoms with Crippen molar-refractivity contribution in [2.24, 2.45) is 0 Å². The van der Waals surface area contributed by atoms with Crippen LogP contribution in [0.1, 0.15) is 74.2 Å². The lowest BCUT2D eigenvalue weighted by Crippen LogP contribution is -2.23. The summed E-state index contributed by atoms with van der Waals surface area (Å²) in [5.74, 6) is 0.249. The highest BCUT2D eigenvalue weighted by Gasteiger charge is 2.20. The van der Waals surface area contributed by atoms with Crippen molar-refractivity contribution in [2.45, 2.75) is 65.8 Å². The molecule has 2 aromatic rings. The zero-order valence-electron chi connectivity index (χ0n) is 17.0. The van der Waals surface area contributed by atoms with E-state index in [1.807, 2.05) is 43.3 Å². The zero-order valence-corrected chi connectivity index (χ0v) is 17.0. The molecule has 2 aromatic carbocycles. The molecule has 1 amide bonds. The Hall–Kier alpha value is -2.29. The van der Waals surface area contributed by atoms with Gasteiger partial charge in [0.05, 0.1) is 0 Å². The molecule has 0 radical (unpaired) electrons. The minimum absolute atomic E-state index is 0.0714. The monoisotopic (exact) mass is 353 g/mol. The molecular weight excluding hydrogens is 322 g/mol. The molecule has 0 aliphatic rings. The number of rotatable bonds is 3. The Morgan fingerprint density at radius 1 is 0.962 bits per heavy atom. The lowest BCUT2D eigenvalue weighted by atomic mass is 9.84. The second-order valence-corrected chi connectivity index (χ2v) is 9.07. The molecule has 2 rings (SSSR count). The van der Waals surface area contributed by atoms with Crippen molar-refractivity contribution in [3.63, 3.8) is 0 Å². The Morgan fingerprint density at radius 3 is 2.04 bits per heavy atom. The average molecular weight is 354 g/mol. The number of aromatic hydroxyl groups is 1. The molecule has 26 heavy (non-hydrogen) atoms. The molecule has 3 nitrogen and oxygen atoms in total. The van der Waals surface area contributed by atoms with Gasteiger partial charge in [0.1, 0.15) is 5.75 Å². The lowest BCUT2D eigenvalue weighted by molar-refractivity contribution is 0.0951. The third-order valence-electron chi connectivity index (χ3n) is 4.63. The number of carbonyl (C=O) groups is 1. The highest BCUT2D eigenvalue weighted by atomic mass is 16.3. The fraction of sp³-hybridized carbons (Fsp3) is 0.435. The van der Waals surface area contributed by atoms with Gasteiger partial charge < -0.3 is 10.4 Å². The van der Waals surface area contributed by atoms with Gasteiger partial charge >= 0.3 is 0 Å². The van der Waals surface area contributed by atoms with E-state index in [-0.39, 0.29) is 16.7 Å². The highest BCUT2D eigenvalue weighted by Crippen LogP contribution is 2.34. The van der Waals surface area contributed by atoms with Crippen LogP contribution in [-0.4, -0.2) is 11.0 Å². The van der Waals surface area contributed by atoms with E-state index in [0.29, 0.717) is 17.9 Å². The number of phenolic OH excluding ortho intramolecular Hbond substituents is 1. The number of hydrogen-bond donors (Lipinski definition) is 2. The maximum Gasteiger partial charge on any atom is 0.251 e. The van der Waals surface area contributed by atoms with Crippen LogP contribution in [0.3, 0.4) is 0 Å². The van der Waals surface area contributed by atoms with Crippen LogP contribution in [0.15, 0.2) is 36.4 Å². The molecule has 2 N–H and O–H groups in total. The van der Waals surface area contributed by atoms with E-state index in [1.165, 1.54) is 5.56 Å². The Labute approximate surface area is 157 Å². The number of aryl methyl sites for hydroxylation is 1. The Kier molecular flexibility index (Phi) is 5.50. The maximum atomic E-state index is 12.5. The SMILES string of the molecule is Cc1cc(CNC(=O)c2ccc(C(C)(C)C)cc2)cc(C(C)(C)C)c1O. The summed E-state index contributed by atoms with van der Waals surface area (Å²) < 4.78 is 0. The first kappa shape index (κ1) is 20.0. The highest BCUT2D eigenvalue weighted by molar-refractivity contribution is 5.94. The fourth-order valence-corrected chi connectivity index (χ4v) is 2.93. The van der Waals surface area contributed by atoms with Crippen molar-refractivity contribution in [1.82, 2.24) is 5.32 Å². The van der Waals surface area contributed by atoms with Crippen LogP contribution in [0.4, 0.5) is 0 Å². The summed E-state index contributed by atoms with van der Waals surface area (Å²) in [5.41, 5.74) is 4.50. The molecule has 0 aliphatic heterocycles. The van der Waals surface area contributed by atoms with Gasteiger partial charge in [0, 0.05) is 12.1 Å². The van der Waals surface area contributed by atoms with E-state index in [2.05, 4.69) is 46.9 Å². The van der Waals surface area contributed by atoms with Crippen LogP contribution in [0.25, 0.3) is 0 Å². The molecule has 0 atom stereocenters. The van der Waals surface area contributed by atoms with Crippen LogP contribution >= 0.6 is 0 Å². The predicted octanol–water partition coefficient (Wildman–Crippen LogP) is 5.23. The van der Waals surface area contributed by atoms with Gasteiger partial charge in [-0.05, 0) is 58.2 Å². The van der Waals surface area contributed by atoms with Crippen LogP contribution in [-0.2, 0) is 17.4 Å². The predicted molar refractivity (Wildman–Crippen MR) is 108 cm³/mol. The van der Waals surface area contributed by atoms with Gasteiger partial charge in [0.25, 0.3) is 5.91 Å². The molecule has 0 saturated carbocycles. The first-order valence-electron chi connectivity index (χ1n) is 9.11. The lowest BCUT2D eigenvalue weighted by Gasteiger charge is -2.23. The van der Waals surface area contributed by atoms with Crippen LogP contribution in [0, 0.1) is 6.92 Å². The van der Waals surface area contributed by atoms with Gasteiger partial charge in [0.2, 0.25) is 0 Å². The van der Waals surface area contributed by atoms with Crippen molar-refractivity contribution in [2.75, 3.05) is 0 Å². The molecular formula is C23H31NO2. The molecule has 0 bridgehead atoms. The normalized spacial score (nSPS) is 12.1. The van der Waals surface area contributed by atoms with Crippen molar-refractivity contribution >= 4 is 5.91 Å². The summed E-state index contributed by atoms with van der Waals surface area (Å²) in [6.45, 7) is 15.0. The van der Waals surface area contributed by atoms with E-state index in [1.54, 1.807) is 0 Å². The van der Waals surface area contributed by atoms with Crippen LogP contribution in [0.2, 0.25) is 0 Å². The number of benzene rings is 2. The number of carbonyl (C=O) groups excluding carboxylic acids is 1. The van der Waals surface area contributed by atoms with Crippen LogP contribution in [0.5, 0.6) is 5.75 Å². The van der Waals surface area contributed by atoms with E-state index in [0.717, 1.165) is 16.7 Å². The standard InChI is InChI=1S/C23H31NO2/c1-15-12-16(13-19(20(15)25)23(5,6)7)14-24-21(26)17-8-10-18(11-9-17)22(2,3)4/h8-13,25H,14H2,1-7H3,(H,24,26). The third kappa shape index (κ3) is 4.66. The number of nitrogens with one attached hydrogen (secondary N) is 1. The molecule has 0 unspecified atom stereocenters. The second kappa shape index (κ2) is 7.14. The first-order chi connectivity index (χ1) is 11.9. The van der Waals surface area contributed by atoms with E-state index in [4.69, 9.17) is 0 Å². The molecule has 140 valence electrons. The molecule has 0 fully saturated rings. The molecule has 0 saturated heterocycles. The van der Waals surface area contributed by atoms with Crippen LogP contribution < -0.4 is 5.32 Å². The van der Waals surface area contributed by atoms with E-state index in [9.17, 15) is 9.90 Å². The van der Waals surface area contributed by atoms with Gasteiger partial charge in [-0.3, -0.25) is 4.79 Å². The Morgan fingerprint density at radius 2 is 1.54 bits per heavy atom. The van der Waals surface area contributed by atoms with Gasteiger partial charge in [-0.15, -0.1) is 0 Å². The summed E-state index contributed by atoms with van der Waals surface area (Å²) in [5, 5.41) is 13.3. The van der Waals surface area contributed by atoms with Gasteiger partial charge in [-0.25, -0.2) is 0 Å². The minimum Gasteiger partial charge on any atom is -0.507 e. The van der Waals surface area contributed by atoms with Crippen molar-refractivity contribution in [3.8, 4) is 5.75 Å².